The van der Waals surface area contributed by atoms with E-state index in [0.29, 0.717) is 11.2 Å². The van der Waals surface area contributed by atoms with Gasteiger partial charge in [-0.3, -0.25) is 4.79 Å². The molecule has 4 aromatic rings. The number of rotatable bonds is 3. The van der Waals surface area contributed by atoms with Crippen molar-refractivity contribution in [2.24, 2.45) is 0 Å². The Morgan fingerprint density at radius 2 is 1.64 bits per heavy atom. The van der Waals surface area contributed by atoms with Crippen LogP contribution in [0.15, 0.2) is 67.0 Å². The molecule has 0 atom stereocenters. The summed E-state index contributed by atoms with van der Waals surface area (Å²) in [7, 11) is 0. The average Bonchev–Trinajstić information content (AvgIpc) is 3.16. The zero-order valence-corrected chi connectivity index (χ0v) is 16.0. The van der Waals surface area contributed by atoms with Gasteiger partial charge in [0.15, 0.2) is 5.65 Å². The van der Waals surface area contributed by atoms with E-state index in [1.807, 2.05) is 60.7 Å². The van der Waals surface area contributed by atoms with Gasteiger partial charge in [-0.2, -0.15) is 9.61 Å². The highest BCUT2D eigenvalue weighted by Crippen LogP contribution is 2.23. The minimum absolute atomic E-state index is 0.0641. The molecule has 0 aliphatic rings. The van der Waals surface area contributed by atoms with Gasteiger partial charge in [0.2, 0.25) is 0 Å². The first kappa shape index (κ1) is 17.9. The standard InChI is InChI=1S/C22H21N5O/c1-22(2,3)17-8-4-16(5-9-17)21(28)24-18-10-6-15(7-11-18)19-12-13-20-25-23-14-27(20)26-19/h4-14H,1-3H3,(H,24,28). The fourth-order valence-electron chi connectivity index (χ4n) is 2.93. The highest BCUT2D eigenvalue weighted by molar-refractivity contribution is 6.04. The van der Waals surface area contributed by atoms with Crippen molar-refractivity contribution >= 4 is 17.2 Å². The van der Waals surface area contributed by atoms with Crippen molar-refractivity contribution in [3.8, 4) is 11.3 Å². The maximum Gasteiger partial charge on any atom is 0.255 e. The van der Waals surface area contributed by atoms with E-state index in [-0.39, 0.29) is 11.3 Å². The SMILES string of the molecule is CC(C)(C)c1ccc(C(=O)Nc2ccc(-c3ccc4nncn4n3)cc2)cc1. The van der Waals surface area contributed by atoms with Crippen molar-refractivity contribution < 1.29 is 4.79 Å². The summed E-state index contributed by atoms with van der Waals surface area (Å²) >= 11 is 0. The fraction of sp³-hybridized carbons (Fsp3) is 0.182. The van der Waals surface area contributed by atoms with Crippen LogP contribution in [0.3, 0.4) is 0 Å². The van der Waals surface area contributed by atoms with E-state index in [4.69, 9.17) is 0 Å². The first-order valence-corrected chi connectivity index (χ1v) is 9.09. The molecule has 1 N–H and O–H groups in total. The number of hydrogen-bond acceptors (Lipinski definition) is 4. The number of fused-ring (bicyclic) bond motifs is 1. The van der Waals surface area contributed by atoms with E-state index in [9.17, 15) is 4.79 Å². The van der Waals surface area contributed by atoms with Crippen LogP contribution in [0.5, 0.6) is 0 Å². The molecule has 0 aliphatic heterocycles. The molecular formula is C22H21N5O. The number of benzene rings is 2. The molecule has 0 bridgehead atoms. The zero-order valence-electron chi connectivity index (χ0n) is 16.0. The van der Waals surface area contributed by atoms with Crippen molar-refractivity contribution in [1.29, 1.82) is 0 Å². The Morgan fingerprint density at radius 1 is 0.929 bits per heavy atom. The number of nitrogens with zero attached hydrogens (tertiary/aromatic N) is 4. The highest BCUT2D eigenvalue weighted by atomic mass is 16.1. The summed E-state index contributed by atoms with van der Waals surface area (Å²) < 4.78 is 1.63. The van der Waals surface area contributed by atoms with E-state index >= 15 is 0 Å². The van der Waals surface area contributed by atoms with Crippen LogP contribution < -0.4 is 5.32 Å². The van der Waals surface area contributed by atoms with Crippen molar-refractivity contribution in [2.75, 3.05) is 5.32 Å². The molecule has 0 aliphatic carbocycles. The molecule has 0 saturated carbocycles. The lowest BCUT2D eigenvalue weighted by Crippen LogP contribution is -2.14. The minimum atomic E-state index is -0.128. The molecule has 2 aromatic carbocycles. The van der Waals surface area contributed by atoms with Gasteiger partial charge < -0.3 is 5.32 Å². The predicted molar refractivity (Wildman–Crippen MR) is 109 cm³/mol. The largest absolute Gasteiger partial charge is 0.322 e. The fourth-order valence-corrected chi connectivity index (χ4v) is 2.93. The van der Waals surface area contributed by atoms with Crippen LogP contribution >= 0.6 is 0 Å². The molecular weight excluding hydrogens is 350 g/mol. The summed E-state index contributed by atoms with van der Waals surface area (Å²) in [6.07, 6.45) is 1.57. The number of nitrogens with one attached hydrogen (secondary N) is 1. The van der Waals surface area contributed by atoms with E-state index < -0.39 is 0 Å². The van der Waals surface area contributed by atoms with Gasteiger partial charge in [-0.15, -0.1) is 10.2 Å². The molecule has 2 aromatic heterocycles. The molecule has 4 rings (SSSR count). The molecule has 0 unspecified atom stereocenters. The molecule has 0 fully saturated rings. The van der Waals surface area contributed by atoms with Crippen LogP contribution in [0.2, 0.25) is 0 Å². The highest BCUT2D eigenvalue weighted by Gasteiger charge is 2.14. The van der Waals surface area contributed by atoms with Crippen LogP contribution in [0.25, 0.3) is 16.9 Å². The Hall–Kier alpha value is -3.54. The van der Waals surface area contributed by atoms with Gasteiger partial charge in [-0.1, -0.05) is 45.0 Å². The summed E-state index contributed by atoms with van der Waals surface area (Å²) in [5, 5.41) is 15.2. The summed E-state index contributed by atoms with van der Waals surface area (Å²) in [6, 6.07) is 19.1. The maximum atomic E-state index is 12.5. The lowest BCUT2D eigenvalue weighted by atomic mass is 9.87. The van der Waals surface area contributed by atoms with E-state index in [2.05, 4.69) is 41.4 Å². The maximum absolute atomic E-state index is 12.5. The quantitative estimate of drug-likeness (QED) is 0.581. The van der Waals surface area contributed by atoms with Crippen molar-refractivity contribution in [1.82, 2.24) is 19.8 Å². The van der Waals surface area contributed by atoms with Crippen molar-refractivity contribution in [3.63, 3.8) is 0 Å². The Labute approximate surface area is 163 Å². The number of hydrogen-bond donors (Lipinski definition) is 1. The average molecular weight is 371 g/mol. The Morgan fingerprint density at radius 3 is 2.32 bits per heavy atom. The van der Waals surface area contributed by atoms with Crippen molar-refractivity contribution in [3.05, 3.63) is 78.1 Å². The summed E-state index contributed by atoms with van der Waals surface area (Å²) in [5.74, 6) is -0.128. The molecule has 28 heavy (non-hydrogen) atoms. The summed E-state index contributed by atoms with van der Waals surface area (Å²) in [5.41, 5.74) is 5.09. The van der Waals surface area contributed by atoms with E-state index in [0.717, 1.165) is 16.9 Å². The van der Waals surface area contributed by atoms with Crippen LogP contribution in [0.1, 0.15) is 36.7 Å². The molecule has 2 heterocycles. The monoisotopic (exact) mass is 371 g/mol. The molecule has 0 saturated heterocycles. The topological polar surface area (TPSA) is 72.2 Å². The number of carbonyl (C=O) groups excluding carboxylic acids is 1. The lowest BCUT2D eigenvalue weighted by molar-refractivity contribution is 0.102. The minimum Gasteiger partial charge on any atom is -0.322 e. The van der Waals surface area contributed by atoms with Gasteiger partial charge in [0.1, 0.15) is 6.33 Å². The molecule has 0 radical (unpaired) electrons. The van der Waals surface area contributed by atoms with E-state index in [1.54, 1.807) is 10.8 Å². The third-order valence-corrected chi connectivity index (χ3v) is 4.61. The van der Waals surface area contributed by atoms with Crippen LogP contribution in [-0.2, 0) is 5.41 Å². The number of aromatic nitrogens is 4. The van der Waals surface area contributed by atoms with Gasteiger partial charge >= 0.3 is 0 Å². The first-order chi connectivity index (χ1) is 13.4. The van der Waals surface area contributed by atoms with Gasteiger partial charge in [-0.05, 0) is 47.4 Å². The second-order valence-corrected chi connectivity index (χ2v) is 7.71. The van der Waals surface area contributed by atoms with Gasteiger partial charge in [0.25, 0.3) is 5.91 Å². The van der Waals surface area contributed by atoms with E-state index in [1.165, 1.54) is 5.56 Å². The smallest absolute Gasteiger partial charge is 0.255 e. The number of carbonyl (C=O) groups is 1. The third-order valence-electron chi connectivity index (χ3n) is 4.61. The Kier molecular flexibility index (Phi) is 4.39. The Bertz CT molecular complexity index is 1120. The normalized spacial score (nSPS) is 11.5. The molecule has 1 amide bonds. The lowest BCUT2D eigenvalue weighted by Gasteiger charge is -2.19. The number of amides is 1. The summed E-state index contributed by atoms with van der Waals surface area (Å²) in [4.78, 5) is 12.5. The van der Waals surface area contributed by atoms with Crippen LogP contribution in [0, 0.1) is 0 Å². The van der Waals surface area contributed by atoms with Crippen LogP contribution in [0.4, 0.5) is 5.69 Å². The third kappa shape index (κ3) is 3.62. The molecule has 6 nitrogen and oxygen atoms in total. The summed E-state index contributed by atoms with van der Waals surface area (Å²) in [6.45, 7) is 6.46. The molecule has 140 valence electrons. The first-order valence-electron chi connectivity index (χ1n) is 9.09. The zero-order chi connectivity index (χ0) is 19.7. The second-order valence-electron chi connectivity index (χ2n) is 7.71. The van der Waals surface area contributed by atoms with Gasteiger partial charge in [0.05, 0.1) is 5.69 Å². The molecule has 6 heteroatoms. The van der Waals surface area contributed by atoms with Crippen molar-refractivity contribution in [2.45, 2.75) is 26.2 Å². The number of anilines is 1. The Balaban J connectivity index is 1.48. The van der Waals surface area contributed by atoms with Gasteiger partial charge in [0, 0.05) is 16.8 Å². The van der Waals surface area contributed by atoms with Gasteiger partial charge in [-0.25, -0.2) is 0 Å². The second kappa shape index (κ2) is 6.88. The molecule has 0 spiro atoms. The predicted octanol–water partition coefficient (Wildman–Crippen LogP) is 4.34. The van der Waals surface area contributed by atoms with Crippen LogP contribution in [-0.4, -0.2) is 25.7 Å².